The molecule has 0 fully saturated rings. The molecular weight excluding hydrogens is 376 g/mol. The van der Waals surface area contributed by atoms with Gasteiger partial charge in [0.2, 0.25) is 6.10 Å². The first-order chi connectivity index (χ1) is 12.6. The Kier molecular flexibility index (Phi) is 4.42. The Morgan fingerprint density at radius 1 is 1.35 bits per heavy atom. The Hall–Kier alpha value is -2.38. The maximum atomic E-state index is 12.9. The van der Waals surface area contributed by atoms with E-state index in [4.69, 9.17) is 21.2 Å². The number of esters is 1. The Balaban J connectivity index is 1.49. The molecule has 134 valence electrons. The molecule has 8 heteroatoms. The molecule has 2 aliphatic rings. The molecule has 6 nitrogen and oxygen atoms in total. The van der Waals surface area contributed by atoms with Crippen molar-refractivity contribution in [2.75, 3.05) is 18.6 Å². The third kappa shape index (κ3) is 2.97. The van der Waals surface area contributed by atoms with Crippen LogP contribution in [-0.2, 0) is 20.8 Å². The number of thiophene rings is 1. The van der Waals surface area contributed by atoms with Crippen LogP contribution in [0.5, 0.6) is 0 Å². The van der Waals surface area contributed by atoms with Crippen LogP contribution in [-0.4, -0.2) is 37.3 Å². The standard InChI is InChI=1S/C18H15ClN2O4S/c1-24-18(23)11-2-3-13-10(8-11)6-7-21(13)17(22)14-9-12(20-25-14)15-4-5-16(19)26-15/h2-5,8,14H,6-7,9H2,1H3/t14-/m1/s1. The summed E-state index contributed by atoms with van der Waals surface area (Å²) in [6.07, 6.45) is 0.464. The van der Waals surface area contributed by atoms with Crippen LogP contribution < -0.4 is 4.90 Å². The van der Waals surface area contributed by atoms with Gasteiger partial charge in [0.05, 0.1) is 21.9 Å². The number of ether oxygens (including phenoxy) is 1. The lowest BCUT2D eigenvalue weighted by Crippen LogP contribution is -2.38. The Bertz CT molecular complexity index is 924. The lowest BCUT2D eigenvalue weighted by molar-refractivity contribution is -0.128. The highest BCUT2D eigenvalue weighted by Gasteiger charge is 2.36. The van der Waals surface area contributed by atoms with Crippen molar-refractivity contribution in [3.63, 3.8) is 0 Å². The molecule has 1 aromatic carbocycles. The molecule has 0 aliphatic carbocycles. The highest BCUT2D eigenvalue weighted by molar-refractivity contribution is 7.18. The molecule has 1 atom stereocenters. The molecule has 0 N–H and O–H groups in total. The van der Waals surface area contributed by atoms with Crippen molar-refractivity contribution < 1.29 is 19.2 Å². The predicted molar refractivity (Wildman–Crippen MR) is 99.2 cm³/mol. The molecule has 2 aromatic rings. The summed E-state index contributed by atoms with van der Waals surface area (Å²) in [5.74, 6) is -0.514. The van der Waals surface area contributed by atoms with E-state index in [0.717, 1.165) is 21.8 Å². The van der Waals surface area contributed by atoms with Crippen LogP contribution in [0.4, 0.5) is 5.69 Å². The van der Waals surface area contributed by atoms with Gasteiger partial charge in [0.25, 0.3) is 5.91 Å². The van der Waals surface area contributed by atoms with Gasteiger partial charge in [0, 0.05) is 18.7 Å². The maximum Gasteiger partial charge on any atom is 0.337 e. The second kappa shape index (κ2) is 6.74. The molecule has 0 unspecified atom stereocenters. The van der Waals surface area contributed by atoms with Crippen LogP contribution in [0.25, 0.3) is 0 Å². The minimum atomic E-state index is -0.642. The molecule has 26 heavy (non-hydrogen) atoms. The topological polar surface area (TPSA) is 68.2 Å². The Morgan fingerprint density at radius 2 is 2.19 bits per heavy atom. The largest absolute Gasteiger partial charge is 0.465 e. The normalized spacial score (nSPS) is 18.3. The number of rotatable bonds is 3. The molecule has 0 radical (unpaired) electrons. The van der Waals surface area contributed by atoms with E-state index in [9.17, 15) is 9.59 Å². The van der Waals surface area contributed by atoms with Crippen LogP contribution in [0, 0.1) is 0 Å². The number of carbonyl (C=O) groups excluding carboxylic acids is 2. The first-order valence-corrected chi connectivity index (χ1v) is 9.27. The van der Waals surface area contributed by atoms with Crippen LogP contribution in [0.2, 0.25) is 4.34 Å². The number of anilines is 1. The molecule has 0 bridgehead atoms. The fourth-order valence-corrected chi connectivity index (χ4v) is 4.21. The predicted octanol–water partition coefficient (Wildman–Crippen LogP) is 3.27. The van der Waals surface area contributed by atoms with Crippen LogP contribution in [0.15, 0.2) is 35.5 Å². The zero-order valence-electron chi connectivity index (χ0n) is 13.9. The van der Waals surface area contributed by atoms with Crippen molar-refractivity contribution in [3.05, 3.63) is 50.7 Å². The third-order valence-electron chi connectivity index (χ3n) is 4.46. The van der Waals surface area contributed by atoms with E-state index >= 15 is 0 Å². The molecule has 0 spiro atoms. The molecular formula is C18H15ClN2O4S. The SMILES string of the molecule is COC(=O)c1ccc2c(c1)CCN2C(=O)[C@H]1CC(c2ccc(Cl)s2)=NO1. The smallest absolute Gasteiger partial charge is 0.337 e. The highest BCUT2D eigenvalue weighted by atomic mass is 35.5. The second-order valence-electron chi connectivity index (χ2n) is 6.01. The number of hydrogen-bond donors (Lipinski definition) is 0. The van der Waals surface area contributed by atoms with Gasteiger partial charge in [0.1, 0.15) is 5.71 Å². The first kappa shape index (κ1) is 17.1. The average Bonchev–Trinajstić information content (AvgIpc) is 3.38. The maximum absolute atomic E-state index is 12.9. The van der Waals surface area contributed by atoms with Crippen molar-refractivity contribution in [2.45, 2.75) is 18.9 Å². The van der Waals surface area contributed by atoms with E-state index in [0.29, 0.717) is 29.3 Å². The Labute approximate surface area is 158 Å². The number of hydrogen-bond acceptors (Lipinski definition) is 6. The lowest BCUT2D eigenvalue weighted by Gasteiger charge is -2.20. The number of carbonyl (C=O) groups is 2. The number of oxime groups is 1. The van der Waals surface area contributed by atoms with Gasteiger partial charge in [-0.1, -0.05) is 16.8 Å². The molecule has 2 aliphatic heterocycles. The number of fused-ring (bicyclic) bond motifs is 1. The molecule has 4 rings (SSSR count). The summed E-state index contributed by atoms with van der Waals surface area (Å²) >= 11 is 7.37. The number of halogens is 1. The molecule has 0 saturated heterocycles. The molecule has 3 heterocycles. The lowest BCUT2D eigenvalue weighted by atomic mass is 10.1. The fraction of sp³-hybridized carbons (Fsp3) is 0.278. The minimum Gasteiger partial charge on any atom is -0.465 e. The van der Waals surface area contributed by atoms with Gasteiger partial charge in [-0.15, -0.1) is 11.3 Å². The van der Waals surface area contributed by atoms with Crippen molar-refractivity contribution in [2.24, 2.45) is 5.16 Å². The quantitative estimate of drug-likeness (QED) is 0.754. The van der Waals surface area contributed by atoms with Gasteiger partial charge in [0.15, 0.2) is 0 Å². The highest BCUT2D eigenvalue weighted by Crippen LogP contribution is 2.32. The second-order valence-corrected chi connectivity index (χ2v) is 7.73. The summed E-state index contributed by atoms with van der Waals surface area (Å²) in [7, 11) is 1.35. The zero-order valence-corrected chi connectivity index (χ0v) is 15.5. The summed E-state index contributed by atoms with van der Waals surface area (Å²) in [5, 5.41) is 4.06. The van der Waals surface area contributed by atoms with E-state index in [-0.39, 0.29) is 11.9 Å². The number of amides is 1. The van der Waals surface area contributed by atoms with Crippen molar-refractivity contribution in [3.8, 4) is 0 Å². The number of methoxy groups -OCH3 is 1. The number of nitrogens with zero attached hydrogens (tertiary/aromatic N) is 2. The monoisotopic (exact) mass is 390 g/mol. The van der Waals surface area contributed by atoms with Crippen molar-refractivity contribution >= 4 is 46.2 Å². The van der Waals surface area contributed by atoms with Crippen molar-refractivity contribution in [1.82, 2.24) is 0 Å². The van der Waals surface area contributed by atoms with E-state index in [2.05, 4.69) is 5.16 Å². The summed E-state index contributed by atoms with van der Waals surface area (Å²) < 4.78 is 5.42. The average molecular weight is 391 g/mol. The van der Waals surface area contributed by atoms with E-state index in [1.807, 2.05) is 6.07 Å². The first-order valence-electron chi connectivity index (χ1n) is 8.08. The summed E-state index contributed by atoms with van der Waals surface area (Å²) in [6.45, 7) is 0.554. The number of benzene rings is 1. The van der Waals surface area contributed by atoms with Gasteiger partial charge in [-0.2, -0.15) is 0 Å². The van der Waals surface area contributed by atoms with Crippen LogP contribution in [0.3, 0.4) is 0 Å². The Morgan fingerprint density at radius 3 is 2.92 bits per heavy atom. The van der Waals surface area contributed by atoms with E-state index < -0.39 is 6.10 Å². The third-order valence-corrected chi connectivity index (χ3v) is 5.74. The molecule has 1 amide bonds. The van der Waals surface area contributed by atoms with E-state index in [1.165, 1.54) is 18.4 Å². The van der Waals surface area contributed by atoms with Gasteiger partial charge in [-0.3, -0.25) is 4.79 Å². The molecule has 0 saturated carbocycles. The van der Waals surface area contributed by atoms with Gasteiger partial charge < -0.3 is 14.5 Å². The van der Waals surface area contributed by atoms with Gasteiger partial charge in [-0.25, -0.2) is 4.79 Å². The summed E-state index contributed by atoms with van der Waals surface area (Å²) in [6, 6.07) is 8.90. The van der Waals surface area contributed by atoms with Crippen LogP contribution >= 0.6 is 22.9 Å². The summed E-state index contributed by atoms with van der Waals surface area (Å²) in [4.78, 5) is 32.5. The van der Waals surface area contributed by atoms with Gasteiger partial charge in [-0.05, 0) is 42.3 Å². The van der Waals surface area contributed by atoms with Crippen molar-refractivity contribution in [1.29, 1.82) is 0 Å². The minimum absolute atomic E-state index is 0.129. The molecule has 1 aromatic heterocycles. The zero-order chi connectivity index (χ0) is 18.3. The van der Waals surface area contributed by atoms with Gasteiger partial charge >= 0.3 is 5.97 Å². The van der Waals surface area contributed by atoms with Crippen LogP contribution in [0.1, 0.15) is 27.2 Å². The summed E-state index contributed by atoms with van der Waals surface area (Å²) in [5.41, 5.74) is 2.97. The fourth-order valence-electron chi connectivity index (χ4n) is 3.17. The van der Waals surface area contributed by atoms with E-state index in [1.54, 1.807) is 29.2 Å².